The first-order chi connectivity index (χ1) is 9.70. The van der Waals surface area contributed by atoms with Gasteiger partial charge in [-0.2, -0.15) is 0 Å². The third-order valence-corrected chi connectivity index (χ3v) is 3.18. The van der Waals surface area contributed by atoms with Gasteiger partial charge in [0.05, 0.1) is 12.3 Å². The lowest BCUT2D eigenvalue weighted by Crippen LogP contribution is -2.44. The lowest BCUT2D eigenvalue weighted by atomic mass is 9.79. The van der Waals surface area contributed by atoms with Crippen molar-refractivity contribution in [3.05, 3.63) is 30.1 Å². The summed E-state index contributed by atoms with van der Waals surface area (Å²) in [6.07, 6.45) is 0. The van der Waals surface area contributed by atoms with Crippen molar-refractivity contribution >= 4 is 17.6 Å². The standard InChI is InChI=1S/C16H22FNO3/c1-6-21-15(20)13(16(2,3)4)14(19)18(5)12-10-8-7-9-11(12)17/h7-10,13H,6H2,1-5H3. The fraction of sp³-hybridized carbons (Fsp3) is 0.500. The Hall–Kier alpha value is -1.91. The third-order valence-electron chi connectivity index (χ3n) is 3.18. The summed E-state index contributed by atoms with van der Waals surface area (Å²) in [7, 11) is 1.46. The van der Waals surface area contributed by atoms with Gasteiger partial charge < -0.3 is 9.64 Å². The highest BCUT2D eigenvalue weighted by Crippen LogP contribution is 2.30. The van der Waals surface area contributed by atoms with E-state index in [9.17, 15) is 14.0 Å². The van der Waals surface area contributed by atoms with E-state index in [2.05, 4.69) is 0 Å². The molecule has 5 heteroatoms. The summed E-state index contributed by atoms with van der Waals surface area (Å²) >= 11 is 0. The first-order valence-electron chi connectivity index (χ1n) is 6.88. The molecular formula is C16H22FNO3. The average Bonchev–Trinajstić information content (AvgIpc) is 2.37. The highest BCUT2D eigenvalue weighted by molar-refractivity contribution is 6.06. The van der Waals surface area contributed by atoms with Crippen LogP contribution in [0.1, 0.15) is 27.7 Å². The zero-order valence-electron chi connectivity index (χ0n) is 13.1. The van der Waals surface area contributed by atoms with Crippen LogP contribution in [0, 0.1) is 17.2 Å². The van der Waals surface area contributed by atoms with E-state index < -0.39 is 29.0 Å². The van der Waals surface area contributed by atoms with Crippen LogP contribution in [0.2, 0.25) is 0 Å². The van der Waals surface area contributed by atoms with Crippen LogP contribution in [0.3, 0.4) is 0 Å². The van der Waals surface area contributed by atoms with Gasteiger partial charge in [0.15, 0.2) is 0 Å². The minimum Gasteiger partial charge on any atom is -0.465 e. The molecule has 1 rings (SSSR count). The number of esters is 1. The maximum Gasteiger partial charge on any atom is 0.319 e. The first kappa shape index (κ1) is 17.1. The van der Waals surface area contributed by atoms with E-state index in [1.165, 1.54) is 24.1 Å². The molecule has 1 atom stereocenters. The molecule has 1 aromatic rings. The van der Waals surface area contributed by atoms with Crippen LogP contribution in [0.15, 0.2) is 24.3 Å². The van der Waals surface area contributed by atoms with E-state index in [-0.39, 0.29) is 12.3 Å². The van der Waals surface area contributed by atoms with Crippen molar-refractivity contribution in [3.8, 4) is 0 Å². The first-order valence-corrected chi connectivity index (χ1v) is 6.88. The molecule has 4 nitrogen and oxygen atoms in total. The van der Waals surface area contributed by atoms with Crippen LogP contribution in [0.4, 0.5) is 10.1 Å². The maximum atomic E-state index is 13.8. The molecule has 0 bridgehead atoms. The Morgan fingerprint density at radius 2 is 1.86 bits per heavy atom. The lowest BCUT2D eigenvalue weighted by Gasteiger charge is -2.31. The zero-order valence-corrected chi connectivity index (χ0v) is 13.1. The number of rotatable bonds is 4. The van der Waals surface area contributed by atoms with Crippen LogP contribution in [0.25, 0.3) is 0 Å². The molecule has 1 aromatic carbocycles. The van der Waals surface area contributed by atoms with Gasteiger partial charge in [0, 0.05) is 7.05 Å². The molecule has 0 aliphatic carbocycles. The van der Waals surface area contributed by atoms with E-state index >= 15 is 0 Å². The molecule has 116 valence electrons. The molecule has 1 amide bonds. The van der Waals surface area contributed by atoms with Gasteiger partial charge in [0.25, 0.3) is 0 Å². The molecule has 0 N–H and O–H groups in total. The van der Waals surface area contributed by atoms with Gasteiger partial charge in [-0.15, -0.1) is 0 Å². The number of carbonyl (C=O) groups is 2. The zero-order chi connectivity index (χ0) is 16.2. The molecule has 0 saturated carbocycles. The van der Waals surface area contributed by atoms with Crippen molar-refractivity contribution < 1.29 is 18.7 Å². The highest BCUT2D eigenvalue weighted by atomic mass is 19.1. The van der Waals surface area contributed by atoms with Crippen molar-refractivity contribution in [2.75, 3.05) is 18.6 Å². The van der Waals surface area contributed by atoms with Gasteiger partial charge in [-0.05, 0) is 24.5 Å². The number of para-hydroxylation sites is 1. The van der Waals surface area contributed by atoms with E-state index in [0.717, 1.165) is 0 Å². The third kappa shape index (κ3) is 4.03. The number of nitrogens with zero attached hydrogens (tertiary/aromatic N) is 1. The number of ether oxygens (including phenoxy) is 1. The summed E-state index contributed by atoms with van der Waals surface area (Å²) in [5.41, 5.74) is -0.482. The van der Waals surface area contributed by atoms with E-state index in [1.54, 1.807) is 39.8 Å². The predicted molar refractivity (Wildman–Crippen MR) is 79.4 cm³/mol. The molecule has 0 aliphatic heterocycles. The van der Waals surface area contributed by atoms with Crippen LogP contribution >= 0.6 is 0 Å². The summed E-state index contributed by atoms with van der Waals surface area (Å²) in [5, 5.41) is 0. The van der Waals surface area contributed by atoms with Crippen LogP contribution in [-0.4, -0.2) is 25.5 Å². The smallest absolute Gasteiger partial charge is 0.319 e. The molecule has 0 aromatic heterocycles. The fourth-order valence-corrected chi connectivity index (χ4v) is 2.09. The Balaban J connectivity index is 3.12. The van der Waals surface area contributed by atoms with E-state index in [1.807, 2.05) is 0 Å². The second kappa shape index (κ2) is 6.70. The highest BCUT2D eigenvalue weighted by Gasteiger charge is 2.41. The van der Waals surface area contributed by atoms with Crippen molar-refractivity contribution in [2.24, 2.45) is 11.3 Å². The second-order valence-corrected chi connectivity index (χ2v) is 5.90. The number of carbonyl (C=O) groups excluding carboxylic acids is 2. The van der Waals surface area contributed by atoms with Crippen molar-refractivity contribution in [3.63, 3.8) is 0 Å². The number of hydrogen-bond donors (Lipinski definition) is 0. The molecule has 0 aliphatic rings. The maximum absolute atomic E-state index is 13.8. The van der Waals surface area contributed by atoms with Gasteiger partial charge in [0.1, 0.15) is 11.7 Å². The summed E-state index contributed by atoms with van der Waals surface area (Å²) in [5.74, 6) is -2.56. The molecule has 1 unspecified atom stereocenters. The van der Waals surface area contributed by atoms with Gasteiger partial charge in [-0.25, -0.2) is 4.39 Å². The van der Waals surface area contributed by atoms with E-state index in [0.29, 0.717) is 0 Å². The summed E-state index contributed by atoms with van der Waals surface area (Å²) in [6.45, 7) is 7.22. The Morgan fingerprint density at radius 1 is 1.29 bits per heavy atom. The minimum atomic E-state index is -0.984. The van der Waals surface area contributed by atoms with Crippen LogP contribution < -0.4 is 4.90 Å². The number of anilines is 1. The second-order valence-electron chi connectivity index (χ2n) is 5.90. The van der Waals surface area contributed by atoms with Gasteiger partial charge in [-0.1, -0.05) is 32.9 Å². The molecule has 0 saturated heterocycles. The average molecular weight is 295 g/mol. The number of benzene rings is 1. The number of amides is 1. The van der Waals surface area contributed by atoms with Gasteiger partial charge >= 0.3 is 5.97 Å². The Kier molecular flexibility index (Phi) is 5.47. The van der Waals surface area contributed by atoms with Gasteiger partial charge in [0.2, 0.25) is 5.91 Å². The van der Waals surface area contributed by atoms with Crippen molar-refractivity contribution in [2.45, 2.75) is 27.7 Å². The Morgan fingerprint density at radius 3 is 2.33 bits per heavy atom. The normalized spacial score (nSPS) is 12.7. The molecule has 21 heavy (non-hydrogen) atoms. The van der Waals surface area contributed by atoms with E-state index in [4.69, 9.17) is 4.74 Å². The largest absolute Gasteiger partial charge is 0.465 e. The van der Waals surface area contributed by atoms with Crippen molar-refractivity contribution in [1.82, 2.24) is 0 Å². The summed E-state index contributed by atoms with van der Waals surface area (Å²) in [4.78, 5) is 25.9. The lowest BCUT2D eigenvalue weighted by molar-refractivity contribution is -0.155. The monoisotopic (exact) mass is 295 g/mol. The molecular weight excluding hydrogens is 273 g/mol. The van der Waals surface area contributed by atoms with Crippen LogP contribution in [-0.2, 0) is 14.3 Å². The number of hydrogen-bond acceptors (Lipinski definition) is 3. The molecule has 0 heterocycles. The summed E-state index contributed by atoms with van der Waals surface area (Å²) < 4.78 is 18.8. The fourth-order valence-electron chi connectivity index (χ4n) is 2.09. The summed E-state index contributed by atoms with van der Waals surface area (Å²) in [6, 6.07) is 5.95. The van der Waals surface area contributed by atoms with Crippen LogP contribution in [0.5, 0.6) is 0 Å². The topological polar surface area (TPSA) is 46.6 Å². The van der Waals surface area contributed by atoms with Gasteiger partial charge in [-0.3, -0.25) is 9.59 Å². The molecule has 0 fully saturated rings. The number of halogens is 1. The minimum absolute atomic E-state index is 0.140. The molecule has 0 radical (unpaired) electrons. The van der Waals surface area contributed by atoms with Crippen molar-refractivity contribution in [1.29, 1.82) is 0 Å². The Bertz CT molecular complexity index is 522. The Labute approximate surface area is 124 Å². The quantitative estimate of drug-likeness (QED) is 0.633. The molecule has 0 spiro atoms. The predicted octanol–water partition coefficient (Wildman–Crippen LogP) is 3.01. The SMILES string of the molecule is CCOC(=O)C(C(=O)N(C)c1ccccc1F)C(C)(C)C.